The van der Waals surface area contributed by atoms with Gasteiger partial charge in [0.25, 0.3) is 0 Å². The molecule has 2 rings (SSSR count). The Hall–Kier alpha value is -1.14. The number of hydrazine groups is 1. The van der Waals surface area contributed by atoms with Crippen LogP contribution in [-0.4, -0.2) is 28.3 Å². The molecule has 0 aromatic carbocycles. The van der Waals surface area contributed by atoms with Crippen molar-refractivity contribution in [3.05, 3.63) is 12.7 Å². The fourth-order valence-corrected chi connectivity index (χ4v) is 5.78. The van der Waals surface area contributed by atoms with Gasteiger partial charge in [0, 0.05) is 18.9 Å². The molecule has 0 bridgehead atoms. The fraction of sp³-hybridized carbons (Fsp3) is 0.800. The highest BCUT2D eigenvalue weighted by Crippen LogP contribution is 2.62. The molecule has 0 aliphatic heterocycles. The number of aliphatic hydroxyl groups is 1. The van der Waals surface area contributed by atoms with Gasteiger partial charge in [-0.2, -0.15) is 0 Å². The maximum atomic E-state index is 12.6. The lowest BCUT2D eigenvalue weighted by atomic mass is 9.45. The molecule has 2 aliphatic carbocycles. The first-order chi connectivity index (χ1) is 12.0. The van der Waals surface area contributed by atoms with Crippen molar-refractivity contribution in [1.82, 2.24) is 16.2 Å². The second-order valence-electron chi connectivity index (χ2n) is 9.22. The molecule has 0 spiro atoms. The Morgan fingerprint density at radius 1 is 1.23 bits per heavy atom. The standard InChI is InChI=1S/C20H35N3O2S/c1-6-12-21-17(26)23-22-16(24)13-15-19(4)10-7-9-18(2,3)14(19)8-11-20(15,5)25/h6,14-15,25H,1,7-13H2,2-5H3,(H,22,24)(H2,21,23,26)/t14-,15+,19-,20+/m0/s1. The van der Waals surface area contributed by atoms with Gasteiger partial charge in [-0.05, 0) is 61.6 Å². The van der Waals surface area contributed by atoms with Gasteiger partial charge in [0.1, 0.15) is 0 Å². The zero-order valence-electron chi connectivity index (χ0n) is 16.7. The van der Waals surface area contributed by atoms with Crippen molar-refractivity contribution in [3.63, 3.8) is 0 Å². The van der Waals surface area contributed by atoms with E-state index >= 15 is 0 Å². The maximum Gasteiger partial charge on any atom is 0.238 e. The highest BCUT2D eigenvalue weighted by Gasteiger charge is 2.58. The number of rotatable bonds is 4. The Kier molecular flexibility index (Phi) is 6.39. The minimum absolute atomic E-state index is 0.0254. The summed E-state index contributed by atoms with van der Waals surface area (Å²) in [6, 6.07) is 0. The average molecular weight is 382 g/mol. The predicted molar refractivity (Wildman–Crippen MR) is 109 cm³/mol. The Balaban J connectivity index is 2.08. The van der Waals surface area contributed by atoms with Crippen LogP contribution in [0.4, 0.5) is 0 Å². The largest absolute Gasteiger partial charge is 0.390 e. The van der Waals surface area contributed by atoms with E-state index in [-0.39, 0.29) is 22.7 Å². The van der Waals surface area contributed by atoms with Crippen LogP contribution < -0.4 is 16.2 Å². The Morgan fingerprint density at radius 2 is 1.92 bits per heavy atom. The van der Waals surface area contributed by atoms with Gasteiger partial charge < -0.3 is 10.4 Å². The number of thiocarbonyl (C=S) groups is 1. The van der Waals surface area contributed by atoms with Crippen molar-refractivity contribution >= 4 is 23.2 Å². The van der Waals surface area contributed by atoms with Gasteiger partial charge in [0.05, 0.1) is 5.60 Å². The summed E-state index contributed by atoms with van der Waals surface area (Å²) in [6.07, 6.45) is 7.22. The fourth-order valence-electron chi connectivity index (χ4n) is 5.65. The van der Waals surface area contributed by atoms with Crippen LogP contribution >= 0.6 is 12.2 Å². The van der Waals surface area contributed by atoms with Gasteiger partial charge in [-0.15, -0.1) is 6.58 Å². The molecule has 0 heterocycles. The van der Waals surface area contributed by atoms with E-state index in [0.29, 0.717) is 24.0 Å². The van der Waals surface area contributed by atoms with Crippen LogP contribution in [0.3, 0.4) is 0 Å². The SMILES string of the molecule is C=CCNC(=S)NNC(=O)C[C@@H]1[C@@]2(C)CCCC(C)(C)[C@@H]2CC[C@@]1(C)O. The molecular weight excluding hydrogens is 346 g/mol. The Bertz CT molecular complexity index is 561. The summed E-state index contributed by atoms with van der Waals surface area (Å²) >= 11 is 5.10. The molecule has 4 N–H and O–H groups in total. The monoisotopic (exact) mass is 381 g/mol. The van der Waals surface area contributed by atoms with Crippen molar-refractivity contribution in [2.24, 2.45) is 22.7 Å². The molecule has 0 aromatic rings. The molecule has 2 saturated carbocycles. The molecule has 6 heteroatoms. The maximum absolute atomic E-state index is 12.6. The molecule has 148 valence electrons. The molecule has 4 atom stereocenters. The first kappa shape index (κ1) is 21.2. The third-order valence-electron chi connectivity index (χ3n) is 6.87. The van der Waals surface area contributed by atoms with E-state index in [1.165, 1.54) is 6.42 Å². The molecule has 2 fully saturated rings. The summed E-state index contributed by atoms with van der Waals surface area (Å²) in [5.74, 6) is 0.332. The van der Waals surface area contributed by atoms with Crippen LogP contribution in [0.1, 0.15) is 66.2 Å². The first-order valence-electron chi connectivity index (χ1n) is 9.69. The third-order valence-corrected chi connectivity index (χ3v) is 7.12. The van der Waals surface area contributed by atoms with E-state index in [1.54, 1.807) is 6.08 Å². The zero-order valence-corrected chi connectivity index (χ0v) is 17.5. The summed E-state index contributed by atoms with van der Waals surface area (Å²) < 4.78 is 0. The first-order valence-corrected chi connectivity index (χ1v) is 10.1. The summed E-state index contributed by atoms with van der Waals surface area (Å²) in [6.45, 7) is 13.0. The number of fused-ring (bicyclic) bond motifs is 1. The van der Waals surface area contributed by atoms with Crippen LogP contribution in [0.25, 0.3) is 0 Å². The number of carbonyl (C=O) groups excluding carboxylic acids is 1. The van der Waals surface area contributed by atoms with Gasteiger partial charge >= 0.3 is 0 Å². The Labute approximate surface area is 163 Å². The van der Waals surface area contributed by atoms with Crippen LogP contribution in [-0.2, 0) is 4.79 Å². The number of hydrogen-bond acceptors (Lipinski definition) is 3. The van der Waals surface area contributed by atoms with Crippen LogP contribution in [0, 0.1) is 22.7 Å². The minimum Gasteiger partial charge on any atom is -0.390 e. The minimum atomic E-state index is -0.822. The lowest BCUT2D eigenvalue weighted by Gasteiger charge is -2.61. The van der Waals surface area contributed by atoms with Crippen molar-refractivity contribution < 1.29 is 9.90 Å². The molecule has 26 heavy (non-hydrogen) atoms. The van der Waals surface area contributed by atoms with Crippen LogP contribution in [0.2, 0.25) is 0 Å². The summed E-state index contributed by atoms with van der Waals surface area (Å²) in [4.78, 5) is 12.6. The average Bonchev–Trinajstić information content (AvgIpc) is 2.53. The van der Waals surface area contributed by atoms with Crippen molar-refractivity contribution in [2.75, 3.05) is 6.54 Å². The van der Waals surface area contributed by atoms with Gasteiger partial charge in [-0.25, -0.2) is 0 Å². The number of nitrogens with one attached hydrogen (secondary N) is 3. The quantitative estimate of drug-likeness (QED) is 0.342. The second-order valence-corrected chi connectivity index (χ2v) is 9.63. The lowest BCUT2D eigenvalue weighted by Crippen LogP contribution is -2.59. The van der Waals surface area contributed by atoms with E-state index < -0.39 is 5.60 Å². The molecule has 0 saturated heterocycles. The summed E-state index contributed by atoms with van der Waals surface area (Å²) in [5.41, 5.74) is 4.81. The van der Waals surface area contributed by atoms with Gasteiger partial charge in [0.2, 0.25) is 5.91 Å². The molecule has 0 unspecified atom stereocenters. The van der Waals surface area contributed by atoms with E-state index in [0.717, 1.165) is 25.7 Å². The molecule has 0 radical (unpaired) electrons. The second kappa shape index (κ2) is 7.85. The summed E-state index contributed by atoms with van der Waals surface area (Å²) in [7, 11) is 0. The van der Waals surface area contributed by atoms with Crippen molar-refractivity contribution in [2.45, 2.75) is 71.8 Å². The van der Waals surface area contributed by atoms with E-state index in [9.17, 15) is 9.90 Å². The van der Waals surface area contributed by atoms with E-state index in [4.69, 9.17) is 12.2 Å². The van der Waals surface area contributed by atoms with Gasteiger partial charge in [-0.3, -0.25) is 15.6 Å². The molecule has 0 aromatic heterocycles. The smallest absolute Gasteiger partial charge is 0.238 e. The molecule has 5 nitrogen and oxygen atoms in total. The normalized spacial score (nSPS) is 35.7. The number of hydrogen-bond donors (Lipinski definition) is 4. The highest BCUT2D eigenvalue weighted by atomic mass is 32.1. The van der Waals surface area contributed by atoms with E-state index in [1.807, 2.05) is 6.92 Å². The topological polar surface area (TPSA) is 73.4 Å². The third kappa shape index (κ3) is 4.39. The molecule has 1 amide bonds. The molecular formula is C20H35N3O2S. The molecule has 2 aliphatic rings. The summed E-state index contributed by atoms with van der Waals surface area (Å²) in [5, 5.41) is 14.4. The number of carbonyl (C=O) groups is 1. The van der Waals surface area contributed by atoms with E-state index in [2.05, 4.69) is 43.5 Å². The van der Waals surface area contributed by atoms with Crippen LogP contribution in [0.5, 0.6) is 0 Å². The Morgan fingerprint density at radius 3 is 2.58 bits per heavy atom. The van der Waals surface area contributed by atoms with Gasteiger partial charge in [-0.1, -0.05) is 33.3 Å². The highest BCUT2D eigenvalue weighted by molar-refractivity contribution is 7.80. The van der Waals surface area contributed by atoms with Gasteiger partial charge in [0.15, 0.2) is 5.11 Å². The zero-order chi connectivity index (χ0) is 19.6. The lowest BCUT2D eigenvalue weighted by molar-refractivity contribution is -0.173. The van der Waals surface area contributed by atoms with Crippen LogP contribution in [0.15, 0.2) is 12.7 Å². The van der Waals surface area contributed by atoms with Crippen molar-refractivity contribution in [1.29, 1.82) is 0 Å². The van der Waals surface area contributed by atoms with Crippen molar-refractivity contribution in [3.8, 4) is 0 Å². The number of amides is 1. The predicted octanol–water partition coefficient (Wildman–Crippen LogP) is 3.05.